The van der Waals surface area contributed by atoms with Gasteiger partial charge in [0.2, 0.25) is 11.9 Å². The van der Waals surface area contributed by atoms with E-state index < -0.39 is 5.95 Å². The lowest BCUT2D eigenvalue weighted by Gasteiger charge is -2.00. The van der Waals surface area contributed by atoms with Crippen LogP contribution in [0.25, 0.3) is 0 Å². The minimum absolute atomic E-state index is 0.100. The van der Waals surface area contributed by atoms with Crippen LogP contribution < -0.4 is 5.43 Å². The highest BCUT2D eigenvalue weighted by Gasteiger charge is 2.43. The highest BCUT2D eigenvalue weighted by Crippen LogP contribution is 2.47. The molecule has 1 saturated carbocycles. The largest absolute Gasteiger partial charge is 0.273 e. The summed E-state index contributed by atoms with van der Waals surface area (Å²) in [6.45, 7) is 2.24. The molecule has 1 fully saturated rings. The Morgan fingerprint density at radius 3 is 2.91 bits per heavy atom. The van der Waals surface area contributed by atoms with Crippen LogP contribution in [0.2, 0.25) is 5.02 Å². The van der Waals surface area contributed by atoms with Crippen molar-refractivity contribution in [2.45, 2.75) is 25.8 Å². The Balaban J connectivity index is 1.55. The van der Waals surface area contributed by atoms with Crippen LogP contribution in [0.5, 0.6) is 0 Å². The van der Waals surface area contributed by atoms with Crippen molar-refractivity contribution in [3.05, 3.63) is 52.6 Å². The Morgan fingerprint density at radius 1 is 1.52 bits per heavy atom. The van der Waals surface area contributed by atoms with Crippen molar-refractivity contribution in [3.63, 3.8) is 0 Å². The maximum atomic E-state index is 13.7. The van der Waals surface area contributed by atoms with Crippen LogP contribution in [-0.4, -0.2) is 21.9 Å². The molecule has 0 spiro atoms. The van der Waals surface area contributed by atoms with Crippen LogP contribution in [0.3, 0.4) is 0 Å². The minimum atomic E-state index is -0.462. The number of amides is 1. The van der Waals surface area contributed by atoms with Crippen LogP contribution in [0.1, 0.15) is 30.4 Å². The second-order valence-corrected chi connectivity index (χ2v) is 5.88. The first-order valence-electron chi connectivity index (χ1n) is 7.39. The quantitative estimate of drug-likeness (QED) is 0.675. The van der Waals surface area contributed by atoms with Crippen molar-refractivity contribution in [2.24, 2.45) is 11.0 Å². The summed E-state index contributed by atoms with van der Waals surface area (Å²) in [5.74, 6) is -0.529. The predicted molar refractivity (Wildman–Crippen MR) is 85.9 cm³/mol. The molecule has 2 aromatic rings. The van der Waals surface area contributed by atoms with E-state index in [0.29, 0.717) is 11.6 Å². The molecule has 23 heavy (non-hydrogen) atoms. The fraction of sp³-hybridized carbons (Fsp3) is 0.312. The van der Waals surface area contributed by atoms with Crippen molar-refractivity contribution in [1.29, 1.82) is 0 Å². The van der Waals surface area contributed by atoms with Crippen LogP contribution in [0, 0.1) is 11.9 Å². The molecule has 5 nitrogen and oxygen atoms in total. The fourth-order valence-corrected chi connectivity index (χ4v) is 2.63. The average Bonchev–Trinajstić information content (AvgIpc) is 3.27. The normalized spacial score (nSPS) is 20.0. The second-order valence-electron chi connectivity index (χ2n) is 5.44. The highest BCUT2D eigenvalue weighted by atomic mass is 35.5. The van der Waals surface area contributed by atoms with Crippen molar-refractivity contribution in [1.82, 2.24) is 15.2 Å². The number of aryl methyl sites for hydroxylation is 1. The third-order valence-electron chi connectivity index (χ3n) is 3.90. The number of carbonyl (C=O) groups is 1. The van der Waals surface area contributed by atoms with Gasteiger partial charge in [-0.25, -0.2) is 10.1 Å². The molecular weight excluding hydrogens is 319 g/mol. The summed E-state index contributed by atoms with van der Waals surface area (Å²) in [6, 6.07) is 7.49. The minimum Gasteiger partial charge on any atom is -0.273 e. The number of hydrogen-bond donors (Lipinski definition) is 1. The number of hydrazone groups is 1. The maximum Gasteiger partial charge on any atom is 0.243 e. The van der Waals surface area contributed by atoms with Gasteiger partial charge >= 0.3 is 0 Å². The van der Waals surface area contributed by atoms with E-state index in [9.17, 15) is 9.18 Å². The summed E-state index contributed by atoms with van der Waals surface area (Å²) in [5, 5.41) is 8.36. The number of rotatable bonds is 5. The van der Waals surface area contributed by atoms with E-state index in [1.807, 2.05) is 24.3 Å². The number of carbonyl (C=O) groups excluding carboxylic acids is 1. The molecule has 3 rings (SSSR count). The van der Waals surface area contributed by atoms with Gasteiger partial charge in [0.25, 0.3) is 0 Å². The van der Waals surface area contributed by atoms with Gasteiger partial charge in [0, 0.05) is 17.5 Å². The van der Waals surface area contributed by atoms with E-state index in [4.69, 9.17) is 11.6 Å². The van der Waals surface area contributed by atoms with Gasteiger partial charge in [-0.1, -0.05) is 23.7 Å². The van der Waals surface area contributed by atoms with E-state index >= 15 is 0 Å². The van der Waals surface area contributed by atoms with Gasteiger partial charge in [-0.05, 0) is 37.0 Å². The Labute approximate surface area is 138 Å². The molecule has 0 aliphatic heterocycles. The molecule has 1 aromatic carbocycles. The first-order chi connectivity index (χ1) is 11.1. The molecule has 7 heteroatoms. The molecule has 0 saturated heterocycles. The summed E-state index contributed by atoms with van der Waals surface area (Å²) in [4.78, 5) is 12.0. The molecule has 120 valence electrons. The van der Waals surface area contributed by atoms with E-state index in [2.05, 4.69) is 15.6 Å². The molecule has 0 bridgehead atoms. The lowest BCUT2D eigenvalue weighted by molar-refractivity contribution is -0.122. The third-order valence-corrected chi connectivity index (χ3v) is 4.16. The van der Waals surface area contributed by atoms with E-state index in [0.717, 1.165) is 12.0 Å². The average molecular weight is 335 g/mol. The van der Waals surface area contributed by atoms with Crippen molar-refractivity contribution >= 4 is 23.7 Å². The van der Waals surface area contributed by atoms with Gasteiger partial charge in [0.1, 0.15) is 0 Å². The Morgan fingerprint density at radius 2 is 2.26 bits per heavy atom. The topological polar surface area (TPSA) is 59.3 Å². The number of aromatic nitrogens is 2. The van der Waals surface area contributed by atoms with E-state index in [1.165, 1.54) is 17.1 Å². The first-order valence-corrected chi connectivity index (χ1v) is 7.77. The van der Waals surface area contributed by atoms with Gasteiger partial charge in [-0.15, -0.1) is 0 Å². The number of benzene rings is 1. The van der Waals surface area contributed by atoms with Crippen molar-refractivity contribution < 1.29 is 9.18 Å². The van der Waals surface area contributed by atoms with Gasteiger partial charge in [-0.3, -0.25) is 4.79 Å². The zero-order valence-corrected chi connectivity index (χ0v) is 13.3. The number of hydrogen-bond acceptors (Lipinski definition) is 3. The van der Waals surface area contributed by atoms with Crippen molar-refractivity contribution in [3.8, 4) is 0 Å². The summed E-state index contributed by atoms with van der Waals surface area (Å²) in [6.07, 6.45) is 3.43. The smallest absolute Gasteiger partial charge is 0.243 e. The molecular formula is C16H16ClFN4O. The van der Waals surface area contributed by atoms with Gasteiger partial charge in [0.05, 0.1) is 18.0 Å². The van der Waals surface area contributed by atoms with Gasteiger partial charge in [-0.2, -0.15) is 14.6 Å². The van der Waals surface area contributed by atoms with Crippen LogP contribution in [0.4, 0.5) is 4.39 Å². The Kier molecular flexibility index (Phi) is 4.43. The van der Waals surface area contributed by atoms with Gasteiger partial charge < -0.3 is 0 Å². The highest BCUT2D eigenvalue weighted by molar-refractivity contribution is 6.30. The summed E-state index contributed by atoms with van der Waals surface area (Å²) >= 11 is 5.85. The standard InChI is InChI=1S/C16H16ClFN4O/c1-2-22-15(18)11(9-20-22)8-19-21-16(23)14-7-13(14)10-3-5-12(17)6-4-10/h3-6,8-9,13-14H,2,7H2,1H3,(H,21,23)/b19-8-/t13-,14+/m1/s1. The van der Waals surface area contributed by atoms with E-state index in [-0.39, 0.29) is 23.3 Å². The molecule has 1 N–H and O–H groups in total. The Bertz CT molecular complexity index is 741. The molecule has 1 aromatic heterocycles. The van der Waals surface area contributed by atoms with E-state index in [1.54, 1.807) is 6.92 Å². The first kappa shape index (κ1) is 15.7. The SMILES string of the molecule is CCn1ncc(/C=N\NC(=O)[C@H]2C[C@@H]2c2ccc(Cl)cc2)c1F. The summed E-state index contributed by atoms with van der Waals surface area (Å²) in [5.41, 5.74) is 3.80. The number of nitrogens with zero attached hydrogens (tertiary/aromatic N) is 3. The zero-order chi connectivity index (χ0) is 16.4. The lowest BCUT2D eigenvalue weighted by Crippen LogP contribution is -2.20. The second kappa shape index (κ2) is 6.50. The predicted octanol–water partition coefficient (Wildman–Crippen LogP) is 2.95. The van der Waals surface area contributed by atoms with Crippen molar-refractivity contribution in [2.75, 3.05) is 0 Å². The van der Waals surface area contributed by atoms with Gasteiger partial charge in [0.15, 0.2) is 0 Å². The number of nitrogens with one attached hydrogen (secondary N) is 1. The molecule has 1 heterocycles. The van der Waals surface area contributed by atoms with Crippen LogP contribution >= 0.6 is 11.6 Å². The third kappa shape index (κ3) is 3.42. The Hall–Kier alpha value is -2.21. The summed E-state index contributed by atoms with van der Waals surface area (Å²) in [7, 11) is 0. The number of halogens is 2. The monoisotopic (exact) mass is 334 g/mol. The molecule has 1 aliphatic rings. The molecule has 0 radical (unpaired) electrons. The molecule has 1 aliphatic carbocycles. The fourth-order valence-electron chi connectivity index (χ4n) is 2.50. The maximum absolute atomic E-state index is 13.7. The molecule has 0 unspecified atom stereocenters. The molecule has 2 atom stereocenters. The zero-order valence-electron chi connectivity index (χ0n) is 12.5. The van der Waals surface area contributed by atoms with Crippen LogP contribution in [0.15, 0.2) is 35.6 Å². The lowest BCUT2D eigenvalue weighted by atomic mass is 10.1. The molecule has 1 amide bonds. The summed E-state index contributed by atoms with van der Waals surface area (Å²) < 4.78 is 15.0. The van der Waals surface area contributed by atoms with Crippen LogP contribution in [-0.2, 0) is 11.3 Å².